The summed E-state index contributed by atoms with van der Waals surface area (Å²) in [5.74, 6) is 0.262. The Morgan fingerprint density at radius 3 is 3.20 bits per heavy atom. The molecule has 0 aromatic carbocycles. The van der Waals surface area contributed by atoms with E-state index in [2.05, 4.69) is 10.3 Å². The summed E-state index contributed by atoms with van der Waals surface area (Å²) in [6.45, 7) is 3.50. The van der Waals surface area contributed by atoms with Crippen LogP contribution in [-0.4, -0.2) is 30.1 Å². The Kier molecular flexibility index (Phi) is 3.58. The highest BCUT2D eigenvalue weighted by atomic mass is 32.1. The maximum absolute atomic E-state index is 12.4. The molecule has 20 heavy (non-hydrogen) atoms. The average Bonchev–Trinajstić information content (AvgIpc) is 3.07. The lowest BCUT2D eigenvalue weighted by atomic mass is 10.0. The van der Waals surface area contributed by atoms with E-state index in [1.54, 1.807) is 6.20 Å². The average molecular weight is 291 g/mol. The first-order valence-corrected chi connectivity index (χ1v) is 7.50. The Balaban J connectivity index is 1.80. The Morgan fingerprint density at radius 2 is 2.50 bits per heavy atom. The molecular formula is C14H17N3O2S. The number of amides is 1. The lowest BCUT2D eigenvalue weighted by molar-refractivity contribution is 0.0927. The number of nitrogens with one attached hydrogen (secondary N) is 1. The quantitative estimate of drug-likeness (QED) is 0.907. The molecule has 0 spiro atoms. The molecule has 2 aromatic rings. The zero-order valence-corrected chi connectivity index (χ0v) is 12.1. The molecule has 0 saturated carbocycles. The van der Waals surface area contributed by atoms with Crippen molar-refractivity contribution >= 4 is 33.1 Å². The number of nitrogens with two attached hydrogens (primary N) is 1. The van der Waals surface area contributed by atoms with Crippen molar-refractivity contribution < 1.29 is 9.53 Å². The number of anilines is 1. The largest absolute Gasteiger partial charge is 0.396 e. The standard InChI is InChI=1S/C14H17N3O2S/c1-8(9-4-6-19-7-9)17-14(18)13-11(15)12-10(20-13)3-2-5-16-12/h2-3,5,8-9H,4,6-7,15H2,1H3,(H,17,18). The van der Waals surface area contributed by atoms with Crippen molar-refractivity contribution in [3.63, 3.8) is 0 Å². The first kappa shape index (κ1) is 13.3. The van der Waals surface area contributed by atoms with E-state index in [9.17, 15) is 4.79 Å². The van der Waals surface area contributed by atoms with Gasteiger partial charge < -0.3 is 15.8 Å². The summed E-state index contributed by atoms with van der Waals surface area (Å²) in [5.41, 5.74) is 7.21. The van der Waals surface area contributed by atoms with Gasteiger partial charge in [0, 0.05) is 24.8 Å². The molecule has 1 aliphatic rings. The van der Waals surface area contributed by atoms with Crippen LogP contribution in [0.2, 0.25) is 0 Å². The van der Waals surface area contributed by atoms with Crippen LogP contribution in [0.25, 0.3) is 10.2 Å². The molecule has 3 rings (SSSR count). The zero-order chi connectivity index (χ0) is 14.1. The van der Waals surface area contributed by atoms with Gasteiger partial charge in [0.25, 0.3) is 5.91 Å². The number of hydrogen-bond donors (Lipinski definition) is 2. The third-order valence-corrected chi connectivity index (χ3v) is 4.88. The van der Waals surface area contributed by atoms with Gasteiger partial charge >= 0.3 is 0 Å². The summed E-state index contributed by atoms with van der Waals surface area (Å²) in [6, 6.07) is 3.86. The van der Waals surface area contributed by atoms with E-state index in [1.165, 1.54) is 11.3 Å². The lowest BCUT2D eigenvalue weighted by Gasteiger charge is -2.18. The number of rotatable bonds is 3. The maximum Gasteiger partial charge on any atom is 0.263 e. The molecule has 0 bridgehead atoms. The van der Waals surface area contributed by atoms with Gasteiger partial charge in [-0.05, 0) is 25.5 Å². The van der Waals surface area contributed by atoms with Gasteiger partial charge in [0.1, 0.15) is 10.4 Å². The third-order valence-electron chi connectivity index (χ3n) is 3.72. The lowest BCUT2D eigenvalue weighted by Crippen LogP contribution is -2.38. The fourth-order valence-electron chi connectivity index (χ4n) is 2.45. The number of ether oxygens (including phenoxy) is 1. The second-order valence-electron chi connectivity index (χ2n) is 5.08. The number of nitrogens with zero attached hydrogens (tertiary/aromatic N) is 1. The number of pyridine rings is 1. The fourth-order valence-corrected chi connectivity index (χ4v) is 3.44. The van der Waals surface area contributed by atoms with Crippen LogP contribution < -0.4 is 11.1 Å². The van der Waals surface area contributed by atoms with Crippen LogP contribution in [0.3, 0.4) is 0 Å². The van der Waals surface area contributed by atoms with Gasteiger partial charge in [0.15, 0.2) is 0 Å². The molecule has 2 unspecified atom stereocenters. The molecule has 1 aliphatic heterocycles. The summed E-state index contributed by atoms with van der Waals surface area (Å²) in [7, 11) is 0. The van der Waals surface area contributed by atoms with Gasteiger partial charge in [0.2, 0.25) is 0 Å². The molecule has 1 amide bonds. The van der Waals surface area contributed by atoms with Crippen LogP contribution in [0.15, 0.2) is 18.3 Å². The summed E-state index contributed by atoms with van der Waals surface area (Å²) in [5, 5.41) is 3.02. The smallest absolute Gasteiger partial charge is 0.263 e. The molecule has 5 nitrogen and oxygen atoms in total. The second kappa shape index (κ2) is 5.38. The van der Waals surface area contributed by atoms with Gasteiger partial charge in [0.05, 0.1) is 17.0 Å². The van der Waals surface area contributed by atoms with Crippen molar-refractivity contribution in [1.82, 2.24) is 10.3 Å². The Bertz CT molecular complexity index is 634. The first-order chi connectivity index (χ1) is 9.66. The van der Waals surface area contributed by atoms with Crippen molar-refractivity contribution in [1.29, 1.82) is 0 Å². The molecule has 6 heteroatoms. The molecule has 106 valence electrons. The van der Waals surface area contributed by atoms with Crippen LogP contribution in [0, 0.1) is 5.92 Å². The van der Waals surface area contributed by atoms with Crippen LogP contribution in [0.1, 0.15) is 23.0 Å². The van der Waals surface area contributed by atoms with Crippen molar-refractivity contribution in [2.75, 3.05) is 18.9 Å². The Morgan fingerprint density at radius 1 is 1.65 bits per heavy atom. The SMILES string of the molecule is CC(NC(=O)c1sc2cccnc2c1N)C1CCOC1. The zero-order valence-electron chi connectivity index (χ0n) is 11.3. The van der Waals surface area contributed by atoms with E-state index < -0.39 is 0 Å². The van der Waals surface area contributed by atoms with E-state index in [1.807, 2.05) is 19.1 Å². The number of hydrogen-bond acceptors (Lipinski definition) is 5. The van der Waals surface area contributed by atoms with Crippen molar-refractivity contribution in [2.24, 2.45) is 5.92 Å². The molecule has 2 atom stereocenters. The number of carbonyl (C=O) groups excluding carboxylic acids is 1. The van der Waals surface area contributed by atoms with Crippen molar-refractivity contribution in [2.45, 2.75) is 19.4 Å². The number of nitrogen functional groups attached to an aromatic ring is 1. The van der Waals surface area contributed by atoms with Gasteiger partial charge in [-0.15, -0.1) is 11.3 Å². The number of aromatic nitrogens is 1. The van der Waals surface area contributed by atoms with E-state index in [0.717, 1.165) is 17.7 Å². The summed E-state index contributed by atoms with van der Waals surface area (Å²) in [4.78, 5) is 17.1. The Labute approximate surface area is 121 Å². The molecule has 0 aliphatic carbocycles. The molecule has 1 fully saturated rings. The highest BCUT2D eigenvalue weighted by Crippen LogP contribution is 2.32. The number of fused-ring (bicyclic) bond motifs is 1. The van der Waals surface area contributed by atoms with E-state index in [-0.39, 0.29) is 11.9 Å². The first-order valence-electron chi connectivity index (χ1n) is 6.68. The number of thiophene rings is 1. The highest BCUT2D eigenvalue weighted by molar-refractivity contribution is 7.21. The normalized spacial score (nSPS) is 20.1. The summed E-state index contributed by atoms with van der Waals surface area (Å²) < 4.78 is 6.29. The summed E-state index contributed by atoms with van der Waals surface area (Å²) in [6.07, 6.45) is 2.68. The van der Waals surface area contributed by atoms with E-state index >= 15 is 0 Å². The molecule has 3 heterocycles. The predicted molar refractivity (Wildman–Crippen MR) is 79.9 cm³/mol. The van der Waals surface area contributed by atoms with Gasteiger partial charge in [-0.2, -0.15) is 0 Å². The molecule has 3 N–H and O–H groups in total. The minimum atomic E-state index is -0.120. The maximum atomic E-state index is 12.4. The molecule has 1 saturated heterocycles. The summed E-state index contributed by atoms with van der Waals surface area (Å²) >= 11 is 1.39. The van der Waals surface area contributed by atoms with Crippen molar-refractivity contribution in [3.8, 4) is 0 Å². The topological polar surface area (TPSA) is 77.2 Å². The minimum Gasteiger partial charge on any atom is -0.396 e. The molecular weight excluding hydrogens is 274 g/mol. The van der Waals surface area contributed by atoms with Gasteiger partial charge in [-0.3, -0.25) is 9.78 Å². The number of carbonyl (C=O) groups is 1. The molecule has 0 radical (unpaired) electrons. The Hall–Kier alpha value is -1.66. The monoisotopic (exact) mass is 291 g/mol. The van der Waals surface area contributed by atoms with E-state index in [0.29, 0.717) is 28.6 Å². The van der Waals surface area contributed by atoms with Crippen molar-refractivity contribution in [3.05, 3.63) is 23.2 Å². The predicted octanol–water partition coefficient (Wildman–Crippen LogP) is 2.03. The van der Waals surface area contributed by atoms with Crippen LogP contribution in [0.5, 0.6) is 0 Å². The minimum absolute atomic E-state index is 0.0857. The van der Waals surface area contributed by atoms with Crippen LogP contribution in [-0.2, 0) is 4.74 Å². The van der Waals surface area contributed by atoms with Gasteiger partial charge in [-0.1, -0.05) is 0 Å². The fraction of sp³-hybridized carbons (Fsp3) is 0.429. The third kappa shape index (κ3) is 2.36. The van der Waals surface area contributed by atoms with Gasteiger partial charge in [-0.25, -0.2) is 0 Å². The van der Waals surface area contributed by atoms with E-state index in [4.69, 9.17) is 10.5 Å². The van der Waals surface area contributed by atoms with Crippen LogP contribution in [0.4, 0.5) is 5.69 Å². The highest BCUT2D eigenvalue weighted by Gasteiger charge is 2.25. The second-order valence-corrected chi connectivity index (χ2v) is 6.13. The van der Waals surface area contributed by atoms with Crippen LogP contribution >= 0.6 is 11.3 Å². The molecule has 2 aromatic heterocycles.